The number of hydrogen-bond acceptors (Lipinski definition) is 4. The summed E-state index contributed by atoms with van der Waals surface area (Å²) in [5.41, 5.74) is 6.10. The second-order valence-corrected chi connectivity index (χ2v) is 5.98. The summed E-state index contributed by atoms with van der Waals surface area (Å²) in [6.07, 6.45) is 0.374. The maximum absolute atomic E-state index is 10.6. The first kappa shape index (κ1) is 20.0. The highest BCUT2D eigenvalue weighted by atomic mass is 19.4. The number of carboxylic acids is 1. The van der Waals surface area contributed by atoms with Crippen LogP contribution in [0.25, 0.3) is 28.0 Å². The van der Waals surface area contributed by atoms with E-state index in [1.165, 1.54) is 0 Å². The van der Waals surface area contributed by atoms with Crippen molar-refractivity contribution in [2.24, 2.45) is 0 Å². The van der Waals surface area contributed by atoms with Gasteiger partial charge in [-0.3, -0.25) is 4.98 Å². The van der Waals surface area contributed by atoms with E-state index in [9.17, 15) is 13.2 Å². The molecule has 0 saturated carbocycles. The fourth-order valence-electron chi connectivity index (χ4n) is 2.63. The van der Waals surface area contributed by atoms with Crippen LogP contribution in [-0.4, -0.2) is 36.8 Å². The van der Waals surface area contributed by atoms with Crippen LogP contribution in [0.3, 0.4) is 0 Å². The number of hydrogen-bond donors (Lipinski definition) is 1. The Morgan fingerprint density at radius 1 is 1.03 bits per heavy atom. The molecule has 0 bridgehead atoms. The minimum absolute atomic E-state index is 0.873. The summed E-state index contributed by atoms with van der Waals surface area (Å²) in [6.45, 7) is 2.01. The van der Waals surface area contributed by atoms with E-state index in [0.717, 1.165) is 33.7 Å². The lowest BCUT2D eigenvalue weighted by molar-refractivity contribution is -0.192. The Balaban J connectivity index is 0.000000298. The number of carboxylic acid groups (broad SMARTS) is 1. The molecule has 6 nitrogen and oxygen atoms in total. The topological polar surface area (TPSA) is 80.4 Å². The van der Waals surface area contributed by atoms with Crippen molar-refractivity contribution >= 4 is 11.6 Å². The van der Waals surface area contributed by atoms with Crippen molar-refractivity contribution in [3.05, 3.63) is 72.8 Å². The standard InChI is InChI=1S/C18H14N4.C2HF3O2/c1-13-11-17(15-7-9-19-10-8-15)22-18(21-13)16(12-20-22)14-5-3-2-4-6-14;3-2(4,5)1(6)7/h2-12H,1H3;(H,6,7). The molecule has 1 N–H and O–H groups in total. The summed E-state index contributed by atoms with van der Waals surface area (Å²) in [4.78, 5) is 17.7. The maximum atomic E-state index is 10.6. The number of aryl methyl sites for hydroxylation is 1. The summed E-state index contributed by atoms with van der Waals surface area (Å²) in [7, 11) is 0. The molecule has 0 aliphatic heterocycles. The van der Waals surface area contributed by atoms with Crippen molar-refractivity contribution < 1.29 is 23.1 Å². The number of aromatic nitrogens is 4. The predicted octanol–water partition coefficient (Wildman–Crippen LogP) is 4.40. The number of pyridine rings is 1. The van der Waals surface area contributed by atoms with Gasteiger partial charge in [0.1, 0.15) is 0 Å². The molecule has 9 heteroatoms. The lowest BCUT2D eigenvalue weighted by Gasteiger charge is -2.07. The van der Waals surface area contributed by atoms with Gasteiger partial charge in [0.05, 0.1) is 11.9 Å². The van der Waals surface area contributed by atoms with E-state index in [-0.39, 0.29) is 0 Å². The minimum Gasteiger partial charge on any atom is -0.475 e. The van der Waals surface area contributed by atoms with Crippen LogP contribution in [0.1, 0.15) is 5.69 Å². The molecule has 4 rings (SSSR count). The fraction of sp³-hybridized carbons (Fsp3) is 0.100. The van der Waals surface area contributed by atoms with Crippen LogP contribution in [0.2, 0.25) is 0 Å². The number of fused-ring (bicyclic) bond motifs is 1. The lowest BCUT2D eigenvalue weighted by Crippen LogP contribution is -2.21. The molecule has 0 aliphatic carbocycles. The number of carbonyl (C=O) groups is 1. The van der Waals surface area contributed by atoms with Gasteiger partial charge >= 0.3 is 12.1 Å². The normalized spacial score (nSPS) is 11.0. The number of rotatable bonds is 2. The second-order valence-electron chi connectivity index (χ2n) is 5.98. The molecule has 4 aromatic rings. The van der Waals surface area contributed by atoms with Crippen LogP contribution >= 0.6 is 0 Å². The molecule has 0 aliphatic rings. The molecule has 0 amide bonds. The summed E-state index contributed by atoms with van der Waals surface area (Å²) in [5, 5.41) is 11.7. The average Bonchev–Trinajstić information content (AvgIpc) is 3.12. The minimum atomic E-state index is -5.08. The monoisotopic (exact) mass is 400 g/mol. The van der Waals surface area contributed by atoms with E-state index in [4.69, 9.17) is 9.90 Å². The van der Waals surface area contributed by atoms with Crippen LogP contribution in [0.5, 0.6) is 0 Å². The highest BCUT2D eigenvalue weighted by Gasteiger charge is 2.38. The zero-order chi connectivity index (χ0) is 21.0. The Bertz CT molecular complexity index is 1130. The van der Waals surface area contributed by atoms with Gasteiger partial charge in [-0.1, -0.05) is 30.3 Å². The van der Waals surface area contributed by atoms with Gasteiger partial charge in [0.2, 0.25) is 0 Å². The SMILES string of the molecule is Cc1cc(-c2ccncc2)n2ncc(-c3ccccc3)c2n1.O=C(O)C(F)(F)F. The van der Waals surface area contributed by atoms with Crippen LogP contribution in [-0.2, 0) is 4.79 Å². The van der Waals surface area contributed by atoms with Crippen LogP contribution < -0.4 is 0 Å². The van der Waals surface area contributed by atoms with Gasteiger partial charge in [0, 0.05) is 29.2 Å². The third-order valence-electron chi connectivity index (χ3n) is 3.90. The zero-order valence-corrected chi connectivity index (χ0v) is 15.1. The first-order valence-electron chi connectivity index (χ1n) is 8.38. The predicted molar refractivity (Wildman–Crippen MR) is 100 cm³/mol. The van der Waals surface area contributed by atoms with E-state index >= 15 is 0 Å². The summed E-state index contributed by atoms with van der Waals surface area (Å²) < 4.78 is 33.6. The molecular formula is C20H15F3N4O2. The van der Waals surface area contributed by atoms with Crippen molar-refractivity contribution in [3.63, 3.8) is 0 Å². The first-order chi connectivity index (χ1) is 13.8. The molecule has 0 radical (unpaired) electrons. The van der Waals surface area contributed by atoms with Gasteiger partial charge in [-0.15, -0.1) is 0 Å². The lowest BCUT2D eigenvalue weighted by atomic mass is 10.1. The fourth-order valence-corrected chi connectivity index (χ4v) is 2.63. The molecule has 0 spiro atoms. The molecule has 3 aromatic heterocycles. The first-order valence-corrected chi connectivity index (χ1v) is 8.38. The molecule has 0 unspecified atom stereocenters. The van der Waals surface area contributed by atoms with E-state index in [1.54, 1.807) is 12.4 Å². The molecular weight excluding hydrogens is 385 g/mol. The smallest absolute Gasteiger partial charge is 0.475 e. The van der Waals surface area contributed by atoms with Gasteiger partial charge in [0.15, 0.2) is 5.65 Å². The summed E-state index contributed by atoms with van der Waals surface area (Å²) in [5.74, 6) is -2.76. The Kier molecular flexibility index (Phi) is 5.58. The van der Waals surface area contributed by atoms with Gasteiger partial charge in [-0.05, 0) is 30.7 Å². The van der Waals surface area contributed by atoms with Crippen molar-refractivity contribution in [1.29, 1.82) is 0 Å². The van der Waals surface area contributed by atoms with E-state index in [1.807, 2.05) is 54.0 Å². The Labute approximate surface area is 163 Å². The molecule has 0 fully saturated rings. The quantitative estimate of drug-likeness (QED) is 0.539. The second kappa shape index (κ2) is 8.09. The summed E-state index contributed by atoms with van der Waals surface area (Å²) in [6, 6.07) is 16.2. The Hall–Kier alpha value is -3.75. The molecule has 0 atom stereocenters. The molecule has 148 valence electrons. The van der Waals surface area contributed by atoms with Crippen molar-refractivity contribution in [2.45, 2.75) is 13.1 Å². The molecule has 1 aromatic carbocycles. The van der Waals surface area contributed by atoms with Crippen LogP contribution in [0.4, 0.5) is 13.2 Å². The number of alkyl halides is 3. The largest absolute Gasteiger partial charge is 0.490 e. The van der Waals surface area contributed by atoms with Crippen molar-refractivity contribution in [1.82, 2.24) is 19.6 Å². The van der Waals surface area contributed by atoms with Gasteiger partial charge in [-0.25, -0.2) is 14.3 Å². The van der Waals surface area contributed by atoms with Crippen molar-refractivity contribution in [2.75, 3.05) is 0 Å². The van der Waals surface area contributed by atoms with Gasteiger partial charge < -0.3 is 5.11 Å². The zero-order valence-electron chi connectivity index (χ0n) is 15.1. The molecule has 29 heavy (non-hydrogen) atoms. The number of benzene rings is 1. The maximum Gasteiger partial charge on any atom is 0.490 e. The Morgan fingerprint density at radius 2 is 1.66 bits per heavy atom. The third kappa shape index (κ3) is 4.57. The third-order valence-corrected chi connectivity index (χ3v) is 3.90. The van der Waals surface area contributed by atoms with E-state index < -0.39 is 12.1 Å². The van der Waals surface area contributed by atoms with Crippen molar-refractivity contribution in [3.8, 4) is 22.4 Å². The molecule has 0 saturated heterocycles. The van der Waals surface area contributed by atoms with E-state index in [2.05, 4.69) is 27.2 Å². The van der Waals surface area contributed by atoms with E-state index in [0.29, 0.717) is 0 Å². The van der Waals surface area contributed by atoms with Crippen LogP contribution in [0, 0.1) is 6.92 Å². The number of nitrogens with zero attached hydrogens (tertiary/aromatic N) is 4. The number of aliphatic carboxylic acids is 1. The number of halogens is 3. The van der Waals surface area contributed by atoms with Crippen LogP contribution in [0.15, 0.2) is 67.1 Å². The van der Waals surface area contributed by atoms with Gasteiger partial charge in [0.25, 0.3) is 0 Å². The van der Waals surface area contributed by atoms with Gasteiger partial charge in [-0.2, -0.15) is 18.3 Å². The highest BCUT2D eigenvalue weighted by Crippen LogP contribution is 2.27. The molecule has 3 heterocycles. The average molecular weight is 400 g/mol. The highest BCUT2D eigenvalue weighted by molar-refractivity contribution is 5.79. The summed E-state index contributed by atoms with van der Waals surface area (Å²) >= 11 is 0. The Morgan fingerprint density at radius 3 is 2.24 bits per heavy atom.